The molecule has 152 valence electrons. The van der Waals surface area contributed by atoms with Crippen LogP contribution in [0.3, 0.4) is 0 Å². The van der Waals surface area contributed by atoms with Gasteiger partial charge in [-0.2, -0.15) is 0 Å². The lowest BCUT2D eigenvalue weighted by Gasteiger charge is -2.50. The van der Waals surface area contributed by atoms with Gasteiger partial charge in [-0.3, -0.25) is 0 Å². The lowest BCUT2D eigenvalue weighted by Crippen LogP contribution is -2.42. The summed E-state index contributed by atoms with van der Waals surface area (Å²) in [6.45, 7) is 5.59. The molecule has 3 rings (SSSR count). The van der Waals surface area contributed by atoms with Gasteiger partial charge in [0.15, 0.2) is 0 Å². The lowest BCUT2D eigenvalue weighted by molar-refractivity contribution is -0.0537. The number of ether oxygens (including phenoxy) is 1. The fourth-order valence-electron chi connectivity index (χ4n) is 6.69. The van der Waals surface area contributed by atoms with Gasteiger partial charge in [-0.1, -0.05) is 65.2 Å². The van der Waals surface area contributed by atoms with Crippen molar-refractivity contribution in [1.82, 2.24) is 0 Å². The summed E-state index contributed by atoms with van der Waals surface area (Å²) in [7, 11) is 0. The first-order valence-corrected chi connectivity index (χ1v) is 12.4. The van der Waals surface area contributed by atoms with E-state index in [2.05, 4.69) is 13.8 Å². The molecule has 3 fully saturated rings. The molecule has 0 amide bonds. The van der Waals surface area contributed by atoms with Crippen molar-refractivity contribution < 1.29 is 4.74 Å². The quantitative estimate of drug-likeness (QED) is 0.360. The summed E-state index contributed by atoms with van der Waals surface area (Å²) in [5.41, 5.74) is 0. The Morgan fingerprint density at radius 2 is 1.35 bits per heavy atom. The minimum absolute atomic E-state index is 0.596. The Kier molecular flexibility index (Phi) is 8.82. The minimum atomic E-state index is 0.596. The molecule has 0 heterocycles. The Bertz CT molecular complexity index is 378. The van der Waals surface area contributed by atoms with E-state index in [4.69, 9.17) is 4.74 Å². The Balaban J connectivity index is 1.39. The maximum absolute atomic E-state index is 6.20. The summed E-state index contributed by atoms with van der Waals surface area (Å²) in [4.78, 5) is 0. The van der Waals surface area contributed by atoms with Crippen molar-refractivity contribution in [2.75, 3.05) is 6.61 Å². The van der Waals surface area contributed by atoms with Crippen LogP contribution in [0.2, 0.25) is 0 Å². The van der Waals surface area contributed by atoms with Crippen molar-refractivity contribution in [2.24, 2.45) is 29.6 Å². The van der Waals surface area contributed by atoms with E-state index in [0.717, 1.165) is 36.2 Å². The van der Waals surface area contributed by atoms with Crippen LogP contribution in [-0.4, -0.2) is 12.7 Å². The predicted molar refractivity (Wildman–Crippen MR) is 112 cm³/mol. The van der Waals surface area contributed by atoms with Gasteiger partial charge in [0.2, 0.25) is 0 Å². The number of hydrogen-bond acceptors (Lipinski definition) is 1. The van der Waals surface area contributed by atoms with Gasteiger partial charge in [-0.15, -0.1) is 0 Å². The van der Waals surface area contributed by atoms with Crippen molar-refractivity contribution in [2.45, 2.75) is 123 Å². The van der Waals surface area contributed by atoms with E-state index < -0.39 is 0 Å². The van der Waals surface area contributed by atoms with Crippen LogP contribution in [0, 0.1) is 29.6 Å². The molecule has 0 aromatic rings. The Morgan fingerprint density at radius 1 is 0.654 bits per heavy atom. The van der Waals surface area contributed by atoms with Crippen LogP contribution < -0.4 is 0 Å². The molecule has 6 atom stereocenters. The van der Waals surface area contributed by atoms with Crippen LogP contribution in [0.1, 0.15) is 117 Å². The molecule has 0 saturated heterocycles. The Morgan fingerprint density at radius 3 is 2.12 bits per heavy atom. The lowest BCUT2D eigenvalue weighted by atomic mass is 9.56. The average molecular weight is 363 g/mol. The Labute approximate surface area is 164 Å². The molecule has 3 saturated carbocycles. The first-order valence-electron chi connectivity index (χ1n) is 12.4. The zero-order valence-corrected chi connectivity index (χ0v) is 17.9. The van der Waals surface area contributed by atoms with E-state index in [1.165, 1.54) is 77.0 Å². The molecular formula is C25H46O. The molecule has 1 nitrogen and oxygen atoms in total. The monoisotopic (exact) mass is 362 g/mol. The summed E-state index contributed by atoms with van der Waals surface area (Å²) >= 11 is 0. The smallest absolute Gasteiger partial charge is 0.0578 e. The van der Waals surface area contributed by atoms with Crippen molar-refractivity contribution in [3.05, 3.63) is 0 Å². The van der Waals surface area contributed by atoms with Gasteiger partial charge < -0.3 is 4.74 Å². The van der Waals surface area contributed by atoms with E-state index in [1.54, 1.807) is 25.7 Å². The van der Waals surface area contributed by atoms with Crippen LogP contribution >= 0.6 is 0 Å². The normalized spacial score (nSPS) is 37.2. The second-order valence-corrected chi connectivity index (χ2v) is 9.97. The number of rotatable bonds is 10. The van der Waals surface area contributed by atoms with Crippen LogP contribution in [-0.2, 0) is 4.74 Å². The highest BCUT2D eigenvalue weighted by atomic mass is 16.5. The third kappa shape index (κ3) is 5.73. The van der Waals surface area contributed by atoms with Crippen molar-refractivity contribution in [3.8, 4) is 0 Å². The molecule has 26 heavy (non-hydrogen) atoms. The molecule has 0 radical (unpaired) electrons. The van der Waals surface area contributed by atoms with E-state index in [-0.39, 0.29) is 0 Å². The van der Waals surface area contributed by atoms with Gasteiger partial charge in [0.1, 0.15) is 0 Å². The Hall–Kier alpha value is -0.0400. The minimum Gasteiger partial charge on any atom is -0.378 e. The molecule has 0 bridgehead atoms. The third-order valence-electron chi connectivity index (χ3n) is 8.17. The van der Waals surface area contributed by atoms with Crippen LogP contribution in [0.25, 0.3) is 0 Å². The first-order chi connectivity index (χ1) is 12.8. The van der Waals surface area contributed by atoms with E-state index in [1.807, 2.05) is 0 Å². The number of hydrogen-bond donors (Lipinski definition) is 0. The van der Waals surface area contributed by atoms with E-state index in [9.17, 15) is 0 Å². The van der Waals surface area contributed by atoms with Crippen molar-refractivity contribution >= 4 is 0 Å². The molecule has 0 aromatic carbocycles. The highest BCUT2D eigenvalue weighted by Gasteiger charge is 2.44. The zero-order chi connectivity index (χ0) is 18.2. The fraction of sp³-hybridized carbons (Fsp3) is 1.00. The van der Waals surface area contributed by atoms with E-state index >= 15 is 0 Å². The molecular weight excluding hydrogens is 316 g/mol. The van der Waals surface area contributed by atoms with Crippen LogP contribution in [0.4, 0.5) is 0 Å². The second-order valence-electron chi connectivity index (χ2n) is 9.97. The topological polar surface area (TPSA) is 9.23 Å². The summed E-state index contributed by atoms with van der Waals surface area (Å²) in [5.74, 6) is 5.31. The van der Waals surface area contributed by atoms with Crippen LogP contribution in [0.15, 0.2) is 0 Å². The van der Waals surface area contributed by atoms with Crippen molar-refractivity contribution in [3.63, 3.8) is 0 Å². The SMILES string of the molecule is CCCCCCC[C@@H]1CCC2C(CCC3C[C@H](OCCCC)CCC32)C1. The van der Waals surface area contributed by atoms with Gasteiger partial charge in [-0.05, 0) is 81.0 Å². The highest BCUT2D eigenvalue weighted by Crippen LogP contribution is 2.53. The second kappa shape index (κ2) is 11.1. The maximum atomic E-state index is 6.20. The summed E-state index contributed by atoms with van der Waals surface area (Å²) < 4.78 is 6.20. The molecule has 1 heteroatoms. The third-order valence-corrected chi connectivity index (χ3v) is 8.17. The standard InChI is InChI=1S/C25H46O/c1-3-5-7-8-9-10-20-11-15-24-21(18-20)12-13-22-19-23(14-16-25(22)24)26-17-6-4-2/h20-25H,3-19H2,1-2H3/t20-,21?,22?,23-,24?,25?/m1/s1. The number of unbranched alkanes of at least 4 members (excludes halogenated alkanes) is 5. The predicted octanol–water partition coefficient (Wildman–Crippen LogP) is 7.77. The highest BCUT2D eigenvalue weighted by molar-refractivity contribution is 4.94. The molecule has 3 aliphatic rings. The van der Waals surface area contributed by atoms with Gasteiger partial charge in [0, 0.05) is 6.61 Å². The van der Waals surface area contributed by atoms with Crippen LogP contribution in [0.5, 0.6) is 0 Å². The fourth-order valence-corrected chi connectivity index (χ4v) is 6.69. The summed E-state index contributed by atoms with van der Waals surface area (Å²) in [6, 6.07) is 0. The van der Waals surface area contributed by atoms with Crippen molar-refractivity contribution in [1.29, 1.82) is 0 Å². The van der Waals surface area contributed by atoms with Gasteiger partial charge in [0.25, 0.3) is 0 Å². The molecule has 3 aliphatic carbocycles. The van der Waals surface area contributed by atoms with Gasteiger partial charge >= 0.3 is 0 Å². The van der Waals surface area contributed by atoms with Gasteiger partial charge in [-0.25, -0.2) is 0 Å². The average Bonchev–Trinajstić information content (AvgIpc) is 2.67. The molecule has 0 N–H and O–H groups in total. The van der Waals surface area contributed by atoms with E-state index in [0.29, 0.717) is 6.10 Å². The number of fused-ring (bicyclic) bond motifs is 3. The zero-order valence-electron chi connectivity index (χ0n) is 17.9. The largest absolute Gasteiger partial charge is 0.378 e. The molecule has 0 spiro atoms. The maximum Gasteiger partial charge on any atom is 0.0578 e. The summed E-state index contributed by atoms with van der Waals surface area (Å²) in [6.07, 6.45) is 23.9. The van der Waals surface area contributed by atoms with Gasteiger partial charge in [0.05, 0.1) is 6.10 Å². The summed E-state index contributed by atoms with van der Waals surface area (Å²) in [5, 5.41) is 0. The molecule has 0 aliphatic heterocycles. The molecule has 4 unspecified atom stereocenters. The molecule has 0 aromatic heterocycles. The first kappa shape index (κ1) is 20.7.